The molecule has 4 heteroatoms. The van der Waals surface area contributed by atoms with Crippen molar-refractivity contribution in [2.24, 2.45) is 0 Å². The van der Waals surface area contributed by atoms with Gasteiger partial charge in [-0.15, -0.1) is 0 Å². The Labute approximate surface area is 114 Å². The summed E-state index contributed by atoms with van der Waals surface area (Å²) in [4.78, 5) is 11.4. The fraction of sp³-hybridized carbons (Fsp3) is 0.0667. The van der Waals surface area contributed by atoms with Crippen LogP contribution in [0, 0.1) is 6.92 Å². The molecule has 0 N–H and O–H groups in total. The molecule has 0 bridgehead atoms. The van der Waals surface area contributed by atoms with Crippen LogP contribution in [0.1, 0.15) is 5.69 Å². The number of fused-ring (bicyclic) bond motifs is 3. The molecule has 3 heterocycles. The lowest BCUT2D eigenvalue weighted by atomic mass is 10.3. The molecule has 0 unspecified atom stereocenters. The Bertz CT molecular complexity index is 889. The fourth-order valence-electron chi connectivity index (χ4n) is 2.26. The number of thiazole rings is 1. The Kier molecular flexibility index (Phi) is 2.19. The van der Waals surface area contributed by atoms with Crippen LogP contribution in [-0.4, -0.2) is 14.4 Å². The third-order valence-electron chi connectivity index (χ3n) is 3.15. The summed E-state index contributed by atoms with van der Waals surface area (Å²) >= 11 is 1.67. The molecule has 4 rings (SSSR count). The summed E-state index contributed by atoms with van der Waals surface area (Å²) in [5, 5.41) is 0. The number of imidazole rings is 1. The number of aryl methyl sites for hydroxylation is 1. The zero-order valence-electron chi connectivity index (χ0n) is 10.4. The van der Waals surface area contributed by atoms with Crippen molar-refractivity contribution in [3.63, 3.8) is 0 Å². The number of aromatic nitrogens is 3. The number of pyridine rings is 1. The van der Waals surface area contributed by atoms with E-state index in [4.69, 9.17) is 0 Å². The van der Waals surface area contributed by atoms with Crippen molar-refractivity contribution < 1.29 is 0 Å². The highest BCUT2D eigenvalue weighted by Gasteiger charge is 2.10. The van der Waals surface area contributed by atoms with Crippen LogP contribution in [0.4, 0.5) is 0 Å². The molecule has 0 amide bonds. The first-order chi connectivity index (χ1) is 9.31. The van der Waals surface area contributed by atoms with Crippen molar-refractivity contribution >= 4 is 27.3 Å². The smallest absolute Gasteiger partial charge is 0.195 e. The van der Waals surface area contributed by atoms with Gasteiger partial charge >= 0.3 is 0 Å². The van der Waals surface area contributed by atoms with Gasteiger partial charge in [0.1, 0.15) is 0 Å². The molecular formula is C15H11N3S. The molecule has 0 radical (unpaired) electrons. The third-order valence-corrected chi connectivity index (χ3v) is 4.16. The molecule has 92 valence electrons. The van der Waals surface area contributed by atoms with Crippen molar-refractivity contribution in [2.75, 3.05) is 0 Å². The molecule has 3 aromatic heterocycles. The molecule has 0 saturated heterocycles. The fourth-order valence-corrected chi connectivity index (χ4v) is 3.23. The number of rotatable bonds is 1. The molecule has 0 aliphatic carbocycles. The van der Waals surface area contributed by atoms with Crippen LogP contribution in [-0.2, 0) is 0 Å². The van der Waals surface area contributed by atoms with E-state index < -0.39 is 0 Å². The molecule has 0 aliphatic rings. The summed E-state index contributed by atoms with van der Waals surface area (Å²) in [5.74, 6) is 0. The van der Waals surface area contributed by atoms with E-state index in [0.717, 1.165) is 32.3 Å². The highest BCUT2D eigenvalue weighted by Crippen LogP contribution is 2.29. The van der Waals surface area contributed by atoms with Gasteiger partial charge in [-0.05, 0) is 31.2 Å². The van der Waals surface area contributed by atoms with Crippen molar-refractivity contribution in [3.05, 3.63) is 54.4 Å². The van der Waals surface area contributed by atoms with E-state index in [9.17, 15) is 0 Å². The van der Waals surface area contributed by atoms with Crippen molar-refractivity contribution in [2.45, 2.75) is 6.92 Å². The predicted molar refractivity (Wildman–Crippen MR) is 78.5 cm³/mol. The van der Waals surface area contributed by atoms with Gasteiger partial charge < -0.3 is 0 Å². The van der Waals surface area contributed by atoms with Crippen molar-refractivity contribution in [1.29, 1.82) is 0 Å². The van der Waals surface area contributed by atoms with Crippen molar-refractivity contribution in [3.8, 4) is 10.6 Å². The van der Waals surface area contributed by atoms with Crippen LogP contribution in [0.2, 0.25) is 0 Å². The normalized spacial score (nSPS) is 11.4. The van der Waals surface area contributed by atoms with Gasteiger partial charge in [-0.3, -0.25) is 9.38 Å². The molecular weight excluding hydrogens is 254 g/mol. The maximum absolute atomic E-state index is 4.64. The minimum atomic E-state index is 1.01. The number of para-hydroxylation sites is 2. The first-order valence-electron chi connectivity index (χ1n) is 6.12. The molecule has 0 aliphatic heterocycles. The maximum Gasteiger partial charge on any atom is 0.195 e. The lowest BCUT2D eigenvalue weighted by molar-refractivity contribution is 1.20. The van der Waals surface area contributed by atoms with Crippen LogP contribution in [0.3, 0.4) is 0 Å². The average Bonchev–Trinajstić information content (AvgIpc) is 2.96. The van der Waals surface area contributed by atoms with Crippen LogP contribution in [0.15, 0.2) is 48.7 Å². The predicted octanol–water partition coefficient (Wildman–Crippen LogP) is 3.92. The topological polar surface area (TPSA) is 30.2 Å². The van der Waals surface area contributed by atoms with Gasteiger partial charge in [0, 0.05) is 11.9 Å². The second-order valence-corrected chi connectivity index (χ2v) is 5.52. The van der Waals surface area contributed by atoms with Crippen LogP contribution < -0.4 is 0 Å². The Morgan fingerprint density at radius 1 is 1.00 bits per heavy atom. The zero-order chi connectivity index (χ0) is 12.8. The molecule has 4 aromatic rings. The van der Waals surface area contributed by atoms with Crippen LogP contribution in [0.25, 0.3) is 26.6 Å². The largest absolute Gasteiger partial charge is 0.290 e. The van der Waals surface area contributed by atoms with Crippen LogP contribution >= 0.6 is 11.3 Å². The molecule has 0 fully saturated rings. The average molecular weight is 265 g/mol. The lowest BCUT2D eigenvalue weighted by Gasteiger charge is -1.96. The Balaban J connectivity index is 1.97. The SMILES string of the molecule is Cc1cccc(-c2cn3c(nc4ccccc43)s2)n1. The summed E-state index contributed by atoms with van der Waals surface area (Å²) in [6, 6.07) is 14.3. The summed E-state index contributed by atoms with van der Waals surface area (Å²) in [6.45, 7) is 2.01. The molecule has 19 heavy (non-hydrogen) atoms. The van der Waals surface area contributed by atoms with Gasteiger partial charge in [0.15, 0.2) is 4.96 Å². The summed E-state index contributed by atoms with van der Waals surface area (Å²) in [7, 11) is 0. The maximum atomic E-state index is 4.64. The lowest BCUT2D eigenvalue weighted by Crippen LogP contribution is -1.83. The van der Waals surface area contributed by atoms with E-state index in [1.165, 1.54) is 0 Å². The number of benzene rings is 1. The van der Waals surface area contributed by atoms with Gasteiger partial charge in [-0.1, -0.05) is 29.5 Å². The van der Waals surface area contributed by atoms with E-state index in [1.807, 2.05) is 43.3 Å². The summed E-state index contributed by atoms with van der Waals surface area (Å²) < 4.78 is 2.14. The molecule has 1 aromatic carbocycles. The van der Waals surface area contributed by atoms with Gasteiger partial charge in [0.25, 0.3) is 0 Å². The quantitative estimate of drug-likeness (QED) is 0.522. The summed E-state index contributed by atoms with van der Waals surface area (Å²) in [6.07, 6.45) is 2.12. The van der Waals surface area contributed by atoms with E-state index >= 15 is 0 Å². The highest BCUT2D eigenvalue weighted by atomic mass is 32.1. The third kappa shape index (κ3) is 1.64. The second kappa shape index (κ2) is 3.90. The highest BCUT2D eigenvalue weighted by molar-refractivity contribution is 7.20. The molecule has 0 spiro atoms. The van der Waals surface area contributed by atoms with E-state index in [1.54, 1.807) is 11.3 Å². The van der Waals surface area contributed by atoms with Gasteiger partial charge in [0.05, 0.1) is 21.6 Å². The van der Waals surface area contributed by atoms with Gasteiger partial charge in [0.2, 0.25) is 0 Å². The second-order valence-electron chi connectivity index (χ2n) is 4.51. The van der Waals surface area contributed by atoms with Crippen LogP contribution in [0.5, 0.6) is 0 Å². The molecule has 3 nitrogen and oxygen atoms in total. The van der Waals surface area contributed by atoms with Gasteiger partial charge in [-0.2, -0.15) is 0 Å². The zero-order valence-corrected chi connectivity index (χ0v) is 11.2. The van der Waals surface area contributed by atoms with E-state index in [-0.39, 0.29) is 0 Å². The summed E-state index contributed by atoms with van der Waals surface area (Å²) in [5.41, 5.74) is 4.23. The first kappa shape index (κ1) is 10.7. The van der Waals surface area contributed by atoms with E-state index in [0.29, 0.717) is 0 Å². The first-order valence-corrected chi connectivity index (χ1v) is 6.93. The number of hydrogen-bond donors (Lipinski definition) is 0. The Hall–Kier alpha value is -2.20. The minimum absolute atomic E-state index is 1.01. The molecule has 0 atom stereocenters. The Morgan fingerprint density at radius 3 is 2.79 bits per heavy atom. The number of hydrogen-bond acceptors (Lipinski definition) is 3. The van der Waals surface area contributed by atoms with Crippen molar-refractivity contribution in [1.82, 2.24) is 14.4 Å². The minimum Gasteiger partial charge on any atom is -0.290 e. The standard InChI is InChI=1S/C15H11N3S/c1-10-5-4-7-12(16-10)14-9-18-13-8-3-2-6-11(13)17-15(18)19-14/h2-9H,1H3. The van der Waals surface area contributed by atoms with E-state index in [2.05, 4.69) is 26.6 Å². The molecule has 0 saturated carbocycles. The Morgan fingerprint density at radius 2 is 1.89 bits per heavy atom. The van der Waals surface area contributed by atoms with Gasteiger partial charge in [-0.25, -0.2) is 4.98 Å². The number of nitrogens with zero attached hydrogens (tertiary/aromatic N) is 3. The monoisotopic (exact) mass is 265 g/mol.